The molecule has 0 saturated carbocycles. The molecule has 1 aromatic rings. The van der Waals surface area contributed by atoms with Gasteiger partial charge in [-0.15, -0.1) is 35.3 Å². The van der Waals surface area contributed by atoms with E-state index in [9.17, 15) is 0 Å². The summed E-state index contributed by atoms with van der Waals surface area (Å²) in [7, 11) is 0. The van der Waals surface area contributed by atoms with Crippen molar-refractivity contribution in [3.05, 3.63) is 16.1 Å². The van der Waals surface area contributed by atoms with Crippen LogP contribution in [0.4, 0.5) is 0 Å². The molecule has 0 bridgehead atoms. The number of ether oxygens (including phenoxy) is 2. The van der Waals surface area contributed by atoms with Gasteiger partial charge in [0.1, 0.15) is 0 Å². The number of unbranched alkanes of at least 4 members (excludes halogenated alkanes) is 1. The van der Waals surface area contributed by atoms with Crippen LogP contribution in [0.15, 0.2) is 10.5 Å². The lowest BCUT2D eigenvalue weighted by molar-refractivity contribution is 0.0487. The normalized spacial score (nSPS) is 11.2. The molecule has 24 heavy (non-hydrogen) atoms. The van der Waals surface area contributed by atoms with E-state index in [2.05, 4.69) is 34.5 Å². The number of guanidine groups is 1. The molecular weight excluding hydrogens is 439 g/mol. The Balaban J connectivity index is 0.00000529. The van der Waals surface area contributed by atoms with E-state index in [1.165, 1.54) is 11.3 Å². The third kappa shape index (κ3) is 11.2. The molecule has 8 heteroatoms. The van der Waals surface area contributed by atoms with E-state index in [1.807, 2.05) is 12.4 Å². The number of hydrogen-bond acceptors (Lipinski definition) is 5. The van der Waals surface area contributed by atoms with Crippen LogP contribution in [0.25, 0.3) is 0 Å². The fraction of sp³-hybridized carbons (Fsp3) is 0.750. The fourth-order valence-electron chi connectivity index (χ4n) is 1.78. The first-order valence-electron chi connectivity index (χ1n) is 8.34. The zero-order valence-corrected chi connectivity index (χ0v) is 18.1. The van der Waals surface area contributed by atoms with Gasteiger partial charge in [0.15, 0.2) is 5.96 Å². The van der Waals surface area contributed by atoms with Crippen LogP contribution in [0.2, 0.25) is 0 Å². The molecule has 0 spiro atoms. The number of thiazole rings is 1. The average molecular weight is 470 g/mol. The fourth-order valence-corrected chi connectivity index (χ4v) is 2.48. The third-order valence-corrected chi connectivity index (χ3v) is 4.04. The molecule has 1 heterocycles. The maximum Gasteiger partial charge on any atom is 0.191 e. The molecule has 0 amide bonds. The lowest BCUT2D eigenvalue weighted by Gasteiger charge is -2.11. The third-order valence-electron chi connectivity index (χ3n) is 3.12. The summed E-state index contributed by atoms with van der Waals surface area (Å²) in [6.07, 6.45) is 2.28. The Labute approximate surface area is 166 Å². The van der Waals surface area contributed by atoms with Crippen molar-refractivity contribution in [3.63, 3.8) is 0 Å². The van der Waals surface area contributed by atoms with Gasteiger partial charge in [-0.25, -0.2) is 9.98 Å². The zero-order valence-electron chi connectivity index (χ0n) is 15.0. The highest BCUT2D eigenvalue weighted by atomic mass is 127. The maximum atomic E-state index is 5.53. The molecule has 0 aliphatic carbocycles. The quantitative estimate of drug-likeness (QED) is 0.213. The Hall–Kier alpha value is -0.450. The van der Waals surface area contributed by atoms with Gasteiger partial charge in [0.2, 0.25) is 0 Å². The van der Waals surface area contributed by atoms with E-state index in [4.69, 9.17) is 9.47 Å². The van der Waals surface area contributed by atoms with Gasteiger partial charge < -0.3 is 20.1 Å². The van der Waals surface area contributed by atoms with Crippen LogP contribution in [0, 0.1) is 6.92 Å². The molecular formula is C16H31IN4O2S. The van der Waals surface area contributed by atoms with Crippen LogP contribution in [0.1, 0.15) is 37.3 Å². The second-order valence-electron chi connectivity index (χ2n) is 5.06. The Morgan fingerprint density at radius 1 is 1.17 bits per heavy atom. The van der Waals surface area contributed by atoms with E-state index in [-0.39, 0.29) is 24.0 Å². The van der Waals surface area contributed by atoms with Gasteiger partial charge in [-0.05, 0) is 20.3 Å². The van der Waals surface area contributed by atoms with Gasteiger partial charge in [0.05, 0.1) is 37.6 Å². The average Bonchev–Trinajstić information content (AvgIpc) is 2.96. The van der Waals surface area contributed by atoms with Crippen LogP contribution in [0.5, 0.6) is 0 Å². The van der Waals surface area contributed by atoms with Crippen molar-refractivity contribution in [1.82, 2.24) is 15.6 Å². The summed E-state index contributed by atoms with van der Waals surface area (Å²) in [5.41, 5.74) is 2.91. The molecule has 0 fully saturated rings. The molecule has 0 unspecified atom stereocenters. The molecule has 140 valence electrons. The number of nitrogens with one attached hydrogen (secondary N) is 2. The second-order valence-corrected chi connectivity index (χ2v) is 6.00. The first kappa shape index (κ1) is 23.5. The van der Waals surface area contributed by atoms with Gasteiger partial charge in [-0.3, -0.25) is 0 Å². The van der Waals surface area contributed by atoms with Crippen LogP contribution < -0.4 is 10.6 Å². The first-order chi connectivity index (χ1) is 11.3. The molecule has 0 radical (unpaired) electrons. The molecule has 0 aromatic carbocycles. The number of halogens is 1. The summed E-state index contributed by atoms with van der Waals surface area (Å²) in [4.78, 5) is 10.0. The standard InChI is InChI=1S/C16H30N4O2S.HI/c1-4-6-8-21-10-11-22-9-7-18-16(17-5-2)19-12-15-14(3)20-13-23-15;/h13H,4-12H2,1-3H3,(H2,17,18,19);1H. The summed E-state index contributed by atoms with van der Waals surface area (Å²) in [6.45, 7) is 11.2. The number of aromatic nitrogens is 1. The van der Waals surface area contributed by atoms with Gasteiger partial charge in [-0.1, -0.05) is 13.3 Å². The predicted molar refractivity (Wildman–Crippen MR) is 112 cm³/mol. The SMILES string of the molecule is CCCCOCCOCCNC(=NCc1scnc1C)NCC.I. The molecule has 6 nitrogen and oxygen atoms in total. The van der Waals surface area contributed by atoms with Crippen molar-refractivity contribution in [3.8, 4) is 0 Å². The van der Waals surface area contributed by atoms with Gasteiger partial charge in [0.25, 0.3) is 0 Å². The Morgan fingerprint density at radius 2 is 1.92 bits per heavy atom. The minimum absolute atomic E-state index is 0. The van der Waals surface area contributed by atoms with Crippen LogP contribution in [-0.2, 0) is 16.0 Å². The highest BCUT2D eigenvalue weighted by molar-refractivity contribution is 14.0. The highest BCUT2D eigenvalue weighted by Crippen LogP contribution is 2.12. The molecule has 0 aliphatic rings. The first-order valence-corrected chi connectivity index (χ1v) is 9.22. The van der Waals surface area contributed by atoms with Crippen molar-refractivity contribution < 1.29 is 9.47 Å². The number of nitrogens with zero attached hydrogens (tertiary/aromatic N) is 2. The molecule has 0 saturated heterocycles. The summed E-state index contributed by atoms with van der Waals surface area (Å²) in [5, 5.41) is 6.50. The Morgan fingerprint density at radius 3 is 2.54 bits per heavy atom. The minimum atomic E-state index is 0. The minimum Gasteiger partial charge on any atom is -0.379 e. The topological polar surface area (TPSA) is 67.8 Å². The maximum absolute atomic E-state index is 5.53. The highest BCUT2D eigenvalue weighted by Gasteiger charge is 2.01. The molecule has 1 rings (SSSR count). The van der Waals surface area contributed by atoms with Crippen LogP contribution in [0.3, 0.4) is 0 Å². The summed E-state index contributed by atoms with van der Waals surface area (Å²) < 4.78 is 11.0. The van der Waals surface area contributed by atoms with Crippen molar-refractivity contribution in [2.24, 2.45) is 4.99 Å². The van der Waals surface area contributed by atoms with E-state index in [0.717, 1.165) is 37.8 Å². The Bertz CT molecular complexity index is 443. The molecule has 2 N–H and O–H groups in total. The van der Waals surface area contributed by atoms with Crippen molar-refractivity contribution >= 4 is 41.3 Å². The number of hydrogen-bond donors (Lipinski definition) is 2. The smallest absolute Gasteiger partial charge is 0.191 e. The molecule has 0 aliphatic heterocycles. The Kier molecular flexibility index (Phi) is 15.7. The van der Waals surface area contributed by atoms with E-state index < -0.39 is 0 Å². The lowest BCUT2D eigenvalue weighted by atomic mass is 10.4. The van der Waals surface area contributed by atoms with Crippen LogP contribution in [-0.4, -0.2) is 50.5 Å². The zero-order chi connectivity index (χ0) is 16.8. The molecule has 0 atom stereocenters. The van der Waals surface area contributed by atoms with Crippen molar-refractivity contribution in [1.29, 1.82) is 0 Å². The monoisotopic (exact) mass is 470 g/mol. The summed E-state index contributed by atoms with van der Waals surface area (Å²) >= 11 is 1.64. The lowest BCUT2D eigenvalue weighted by Crippen LogP contribution is -2.39. The summed E-state index contributed by atoms with van der Waals surface area (Å²) in [6, 6.07) is 0. The second kappa shape index (κ2) is 16.0. The van der Waals surface area contributed by atoms with Crippen molar-refractivity contribution in [2.45, 2.75) is 40.2 Å². The van der Waals surface area contributed by atoms with E-state index >= 15 is 0 Å². The summed E-state index contributed by atoms with van der Waals surface area (Å²) in [5.74, 6) is 0.808. The molecule has 1 aromatic heterocycles. The van der Waals surface area contributed by atoms with Gasteiger partial charge in [-0.2, -0.15) is 0 Å². The number of aliphatic imine (C=N–C) groups is 1. The van der Waals surface area contributed by atoms with E-state index in [1.54, 1.807) is 11.3 Å². The van der Waals surface area contributed by atoms with E-state index in [0.29, 0.717) is 26.4 Å². The number of rotatable bonds is 12. The van der Waals surface area contributed by atoms with Gasteiger partial charge >= 0.3 is 0 Å². The van der Waals surface area contributed by atoms with Crippen molar-refractivity contribution in [2.75, 3.05) is 39.5 Å². The van der Waals surface area contributed by atoms with Gasteiger partial charge in [0, 0.05) is 24.6 Å². The van der Waals surface area contributed by atoms with Crippen LogP contribution >= 0.6 is 35.3 Å². The largest absolute Gasteiger partial charge is 0.379 e. The number of aryl methyl sites for hydroxylation is 1. The predicted octanol–water partition coefficient (Wildman–Crippen LogP) is 2.96.